The fourth-order valence-electron chi connectivity index (χ4n) is 1.56. The van der Waals surface area contributed by atoms with Crippen LogP contribution in [-0.4, -0.2) is 12.1 Å². The molecular weight excluding hydrogens is 176 g/mol. The molecule has 70 valence electrons. The fourth-order valence-corrected chi connectivity index (χ4v) is 1.56. The van der Waals surface area contributed by atoms with E-state index >= 15 is 0 Å². The number of H-pyrrole nitrogens is 1. The summed E-state index contributed by atoms with van der Waals surface area (Å²) >= 11 is 0. The molecule has 0 bridgehead atoms. The third kappa shape index (κ3) is 1.12. The second-order valence-electron chi connectivity index (χ2n) is 3.15. The third-order valence-electron chi connectivity index (χ3n) is 2.38. The molecule has 0 aliphatic carbocycles. The fraction of sp³-hybridized carbons (Fsp3) is 0.182. The van der Waals surface area contributed by atoms with Crippen LogP contribution in [0.4, 0.5) is 0 Å². The number of nitriles is 1. The Bertz CT molecular complexity index is 520. The minimum absolute atomic E-state index is 0.619. The maximum absolute atomic E-state index is 8.83. The van der Waals surface area contributed by atoms with Crippen LogP contribution in [0.3, 0.4) is 0 Å². The van der Waals surface area contributed by atoms with Crippen LogP contribution in [0, 0.1) is 18.3 Å². The molecule has 0 saturated carbocycles. The van der Waals surface area contributed by atoms with Crippen LogP contribution in [0.15, 0.2) is 18.2 Å². The van der Waals surface area contributed by atoms with Crippen LogP contribution >= 0.6 is 0 Å². The Kier molecular flexibility index (Phi) is 1.90. The summed E-state index contributed by atoms with van der Waals surface area (Å²) in [6.45, 7) is 1.93. The van der Waals surface area contributed by atoms with Crippen molar-refractivity contribution >= 4 is 10.9 Å². The molecule has 0 radical (unpaired) electrons. The van der Waals surface area contributed by atoms with Gasteiger partial charge in [0.05, 0.1) is 12.6 Å². The molecule has 0 amide bonds. The molecule has 0 saturated heterocycles. The second-order valence-corrected chi connectivity index (χ2v) is 3.15. The SMILES string of the molecule is COc1ccc2c(C)c(C#N)[nH]c2c1. The summed E-state index contributed by atoms with van der Waals surface area (Å²) in [4.78, 5) is 3.05. The first-order valence-electron chi connectivity index (χ1n) is 4.32. The van der Waals surface area contributed by atoms with Crippen molar-refractivity contribution in [2.45, 2.75) is 6.92 Å². The molecule has 0 spiro atoms. The lowest BCUT2D eigenvalue weighted by Crippen LogP contribution is -1.81. The molecule has 0 unspecified atom stereocenters. The Morgan fingerprint density at radius 1 is 1.43 bits per heavy atom. The van der Waals surface area contributed by atoms with Crippen molar-refractivity contribution in [3.63, 3.8) is 0 Å². The summed E-state index contributed by atoms with van der Waals surface area (Å²) in [5.74, 6) is 0.795. The molecular formula is C11H10N2O. The van der Waals surface area contributed by atoms with Gasteiger partial charge in [-0.05, 0) is 24.6 Å². The number of methoxy groups -OCH3 is 1. The van der Waals surface area contributed by atoms with Crippen LogP contribution in [0.25, 0.3) is 10.9 Å². The Morgan fingerprint density at radius 3 is 2.86 bits per heavy atom. The first kappa shape index (κ1) is 8.64. The quantitative estimate of drug-likeness (QED) is 0.743. The highest BCUT2D eigenvalue weighted by atomic mass is 16.5. The van der Waals surface area contributed by atoms with E-state index in [1.54, 1.807) is 7.11 Å². The predicted octanol–water partition coefficient (Wildman–Crippen LogP) is 2.36. The van der Waals surface area contributed by atoms with Gasteiger partial charge in [0, 0.05) is 11.5 Å². The van der Waals surface area contributed by atoms with Gasteiger partial charge in [-0.25, -0.2) is 0 Å². The van der Waals surface area contributed by atoms with Crippen molar-refractivity contribution in [1.82, 2.24) is 4.98 Å². The van der Waals surface area contributed by atoms with Crippen LogP contribution in [0.1, 0.15) is 11.3 Å². The number of rotatable bonds is 1. The molecule has 2 rings (SSSR count). The molecule has 0 aliphatic rings. The van der Waals surface area contributed by atoms with Crippen molar-refractivity contribution in [2.24, 2.45) is 0 Å². The van der Waals surface area contributed by atoms with E-state index in [9.17, 15) is 0 Å². The van der Waals surface area contributed by atoms with E-state index in [-0.39, 0.29) is 0 Å². The van der Waals surface area contributed by atoms with Gasteiger partial charge in [0.1, 0.15) is 17.5 Å². The predicted molar refractivity (Wildman–Crippen MR) is 54.3 cm³/mol. The standard InChI is InChI=1S/C11H10N2O/c1-7-9-4-3-8(14-2)5-10(9)13-11(7)6-12/h3-5,13H,1-2H3. The number of benzene rings is 1. The van der Waals surface area contributed by atoms with Gasteiger partial charge in [0.25, 0.3) is 0 Å². The molecule has 1 aromatic heterocycles. The number of nitrogens with zero attached hydrogens (tertiary/aromatic N) is 1. The van der Waals surface area contributed by atoms with Crippen molar-refractivity contribution in [3.05, 3.63) is 29.5 Å². The maximum atomic E-state index is 8.83. The number of aromatic nitrogens is 1. The lowest BCUT2D eigenvalue weighted by atomic mass is 10.1. The van der Waals surface area contributed by atoms with Gasteiger partial charge in [-0.15, -0.1) is 0 Å². The van der Waals surface area contributed by atoms with E-state index in [1.807, 2.05) is 25.1 Å². The molecule has 1 heterocycles. The molecule has 1 aromatic carbocycles. The molecule has 1 N–H and O–H groups in total. The molecule has 0 aliphatic heterocycles. The van der Waals surface area contributed by atoms with E-state index in [0.29, 0.717) is 5.69 Å². The van der Waals surface area contributed by atoms with Crippen molar-refractivity contribution in [1.29, 1.82) is 5.26 Å². The van der Waals surface area contributed by atoms with E-state index in [2.05, 4.69) is 11.1 Å². The highest BCUT2D eigenvalue weighted by Crippen LogP contribution is 2.24. The molecule has 14 heavy (non-hydrogen) atoms. The smallest absolute Gasteiger partial charge is 0.121 e. The van der Waals surface area contributed by atoms with Crippen molar-refractivity contribution in [3.8, 4) is 11.8 Å². The van der Waals surface area contributed by atoms with E-state index in [1.165, 1.54) is 0 Å². The van der Waals surface area contributed by atoms with Crippen molar-refractivity contribution in [2.75, 3.05) is 7.11 Å². The van der Waals surface area contributed by atoms with Crippen molar-refractivity contribution < 1.29 is 4.74 Å². The summed E-state index contributed by atoms with van der Waals surface area (Å²) < 4.78 is 5.10. The minimum Gasteiger partial charge on any atom is -0.497 e. The monoisotopic (exact) mass is 186 g/mol. The second kappa shape index (κ2) is 3.08. The van der Waals surface area contributed by atoms with Gasteiger partial charge >= 0.3 is 0 Å². The highest BCUT2D eigenvalue weighted by Gasteiger charge is 2.06. The molecule has 2 aromatic rings. The van der Waals surface area contributed by atoms with Crippen LogP contribution in [-0.2, 0) is 0 Å². The van der Waals surface area contributed by atoms with Gasteiger partial charge < -0.3 is 9.72 Å². The summed E-state index contributed by atoms with van der Waals surface area (Å²) in [5, 5.41) is 9.91. The number of aromatic amines is 1. The van der Waals surface area contributed by atoms with E-state index in [4.69, 9.17) is 10.00 Å². The summed E-state index contributed by atoms with van der Waals surface area (Å²) in [6, 6.07) is 7.87. The summed E-state index contributed by atoms with van der Waals surface area (Å²) in [5.41, 5.74) is 2.55. The number of nitrogens with one attached hydrogen (secondary N) is 1. The number of hydrogen-bond donors (Lipinski definition) is 1. The third-order valence-corrected chi connectivity index (χ3v) is 2.38. The number of aryl methyl sites for hydroxylation is 1. The van der Waals surface area contributed by atoms with Gasteiger partial charge in [-0.2, -0.15) is 5.26 Å². The first-order valence-corrected chi connectivity index (χ1v) is 4.32. The topological polar surface area (TPSA) is 48.8 Å². The first-order chi connectivity index (χ1) is 6.76. The Balaban J connectivity index is 2.74. The lowest BCUT2D eigenvalue weighted by molar-refractivity contribution is 0.415. The zero-order valence-electron chi connectivity index (χ0n) is 8.09. The van der Waals surface area contributed by atoms with Gasteiger partial charge in [-0.1, -0.05) is 0 Å². The van der Waals surface area contributed by atoms with Gasteiger partial charge in [0.2, 0.25) is 0 Å². The largest absolute Gasteiger partial charge is 0.497 e. The lowest BCUT2D eigenvalue weighted by Gasteiger charge is -1.98. The average Bonchev–Trinajstić information content (AvgIpc) is 2.55. The van der Waals surface area contributed by atoms with E-state index in [0.717, 1.165) is 22.2 Å². The summed E-state index contributed by atoms with van der Waals surface area (Å²) in [7, 11) is 1.63. The van der Waals surface area contributed by atoms with Gasteiger partial charge in [0.15, 0.2) is 0 Å². The van der Waals surface area contributed by atoms with Gasteiger partial charge in [-0.3, -0.25) is 0 Å². The van der Waals surface area contributed by atoms with Crippen LogP contribution < -0.4 is 4.74 Å². The zero-order chi connectivity index (χ0) is 10.1. The summed E-state index contributed by atoms with van der Waals surface area (Å²) in [6.07, 6.45) is 0. The van der Waals surface area contributed by atoms with Crippen LogP contribution in [0.5, 0.6) is 5.75 Å². The number of ether oxygens (including phenoxy) is 1. The Morgan fingerprint density at radius 2 is 2.21 bits per heavy atom. The number of hydrogen-bond acceptors (Lipinski definition) is 2. The Hall–Kier alpha value is -1.95. The molecule has 3 nitrogen and oxygen atoms in total. The maximum Gasteiger partial charge on any atom is 0.121 e. The number of fused-ring (bicyclic) bond motifs is 1. The highest BCUT2D eigenvalue weighted by molar-refractivity contribution is 5.86. The minimum atomic E-state index is 0.619. The van der Waals surface area contributed by atoms with Crippen LogP contribution in [0.2, 0.25) is 0 Å². The molecule has 0 atom stereocenters. The Labute approximate surface area is 81.9 Å². The van der Waals surface area contributed by atoms with E-state index < -0.39 is 0 Å². The molecule has 3 heteroatoms. The normalized spacial score (nSPS) is 10.1. The molecule has 0 fully saturated rings. The zero-order valence-corrected chi connectivity index (χ0v) is 8.09. The average molecular weight is 186 g/mol.